The Labute approximate surface area is 121 Å². The zero-order valence-corrected chi connectivity index (χ0v) is 12.6. The maximum Gasteiger partial charge on any atom is 0.254 e. The molecule has 0 bridgehead atoms. The van der Waals surface area contributed by atoms with E-state index >= 15 is 0 Å². The van der Waals surface area contributed by atoms with Crippen LogP contribution in [0.4, 0.5) is 0 Å². The van der Waals surface area contributed by atoms with E-state index in [4.69, 9.17) is 9.47 Å². The number of hydrogen-bond acceptors (Lipinski definition) is 3. The molecule has 104 valence electrons. The highest BCUT2D eigenvalue weighted by atomic mass is 79.9. The van der Waals surface area contributed by atoms with Crippen LogP contribution in [0, 0.1) is 0 Å². The minimum atomic E-state index is 0.0531. The number of benzene rings is 1. The van der Waals surface area contributed by atoms with Crippen LogP contribution in [0.2, 0.25) is 0 Å². The number of carbonyl (C=O) groups is 1. The summed E-state index contributed by atoms with van der Waals surface area (Å²) in [6, 6.07) is 7.29. The lowest BCUT2D eigenvalue weighted by molar-refractivity contribution is -0.00965. The molecule has 1 aromatic carbocycles. The second-order valence-corrected chi connectivity index (χ2v) is 5.00. The van der Waals surface area contributed by atoms with Gasteiger partial charge in [0, 0.05) is 24.0 Å². The van der Waals surface area contributed by atoms with Gasteiger partial charge in [-0.05, 0) is 31.2 Å². The first kappa shape index (κ1) is 14.3. The van der Waals surface area contributed by atoms with Crippen LogP contribution in [0.3, 0.4) is 0 Å². The summed E-state index contributed by atoms with van der Waals surface area (Å²) in [5.74, 6) is 0.844. The molecule has 5 heteroatoms. The summed E-state index contributed by atoms with van der Waals surface area (Å²) in [5.41, 5.74) is 0.693. The molecule has 1 fully saturated rings. The molecule has 0 spiro atoms. The Balaban J connectivity index is 2.02. The normalized spacial score (nSPS) is 19.3. The molecule has 0 N–H and O–H groups in total. The smallest absolute Gasteiger partial charge is 0.254 e. The Morgan fingerprint density at radius 2 is 2.21 bits per heavy atom. The maximum atomic E-state index is 12.3. The van der Waals surface area contributed by atoms with Crippen LogP contribution < -0.4 is 4.74 Å². The average molecular weight is 328 g/mol. The Hall–Kier alpha value is -1.07. The summed E-state index contributed by atoms with van der Waals surface area (Å²) in [7, 11) is 0. The molecule has 1 aliphatic rings. The molecule has 1 amide bonds. The lowest BCUT2D eigenvalue weighted by Crippen LogP contribution is -2.46. The number of nitrogens with zero attached hydrogens (tertiary/aromatic N) is 1. The Bertz CT molecular complexity index is 421. The number of morpholine rings is 1. The van der Waals surface area contributed by atoms with E-state index in [0.29, 0.717) is 31.9 Å². The van der Waals surface area contributed by atoms with Gasteiger partial charge < -0.3 is 14.4 Å². The van der Waals surface area contributed by atoms with Gasteiger partial charge in [-0.1, -0.05) is 15.9 Å². The molecular weight excluding hydrogens is 310 g/mol. The quantitative estimate of drug-likeness (QED) is 0.797. The summed E-state index contributed by atoms with van der Waals surface area (Å²) < 4.78 is 10.9. The van der Waals surface area contributed by atoms with Crippen molar-refractivity contribution >= 4 is 21.8 Å². The summed E-state index contributed by atoms with van der Waals surface area (Å²) in [6.45, 7) is 4.45. The van der Waals surface area contributed by atoms with Gasteiger partial charge in [0.15, 0.2) is 0 Å². The number of amides is 1. The van der Waals surface area contributed by atoms with E-state index in [1.807, 2.05) is 36.1 Å². The van der Waals surface area contributed by atoms with E-state index in [2.05, 4.69) is 15.9 Å². The number of carbonyl (C=O) groups excluding carboxylic acids is 1. The molecule has 0 aromatic heterocycles. The molecule has 1 atom stereocenters. The number of ether oxygens (including phenoxy) is 2. The fourth-order valence-corrected chi connectivity index (χ4v) is 2.43. The van der Waals surface area contributed by atoms with E-state index in [-0.39, 0.29) is 12.0 Å². The first-order valence-corrected chi connectivity index (χ1v) is 7.56. The van der Waals surface area contributed by atoms with Gasteiger partial charge in [-0.3, -0.25) is 4.79 Å². The second-order valence-electron chi connectivity index (χ2n) is 4.36. The third-order valence-electron chi connectivity index (χ3n) is 3.01. The van der Waals surface area contributed by atoms with Crippen molar-refractivity contribution in [3.8, 4) is 5.75 Å². The molecule has 4 nitrogen and oxygen atoms in total. The fraction of sp³-hybridized carbons (Fsp3) is 0.500. The van der Waals surface area contributed by atoms with E-state index in [9.17, 15) is 4.79 Å². The van der Waals surface area contributed by atoms with Gasteiger partial charge in [0.2, 0.25) is 0 Å². The van der Waals surface area contributed by atoms with Crippen molar-refractivity contribution in [3.05, 3.63) is 29.8 Å². The van der Waals surface area contributed by atoms with E-state index in [1.165, 1.54) is 0 Å². The van der Waals surface area contributed by atoms with Gasteiger partial charge in [-0.25, -0.2) is 0 Å². The summed E-state index contributed by atoms with van der Waals surface area (Å²) in [5, 5.41) is 0.750. The van der Waals surface area contributed by atoms with Crippen molar-refractivity contribution in [1.82, 2.24) is 4.90 Å². The predicted molar refractivity (Wildman–Crippen MR) is 77.0 cm³/mol. The van der Waals surface area contributed by atoms with Crippen molar-refractivity contribution in [2.75, 3.05) is 31.6 Å². The molecule has 1 saturated heterocycles. The summed E-state index contributed by atoms with van der Waals surface area (Å²) >= 11 is 3.39. The molecule has 1 heterocycles. The van der Waals surface area contributed by atoms with Crippen LogP contribution in [-0.4, -0.2) is 48.5 Å². The molecule has 1 aromatic rings. The number of halogens is 1. The second kappa shape index (κ2) is 6.91. The van der Waals surface area contributed by atoms with Crippen molar-refractivity contribution in [1.29, 1.82) is 0 Å². The molecule has 0 saturated carbocycles. The molecule has 1 aliphatic heterocycles. The summed E-state index contributed by atoms with van der Waals surface area (Å²) in [4.78, 5) is 14.2. The van der Waals surface area contributed by atoms with Gasteiger partial charge in [-0.2, -0.15) is 0 Å². The predicted octanol–water partition coefficient (Wildman–Crippen LogP) is 2.32. The van der Waals surface area contributed by atoms with Crippen molar-refractivity contribution in [3.63, 3.8) is 0 Å². The zero-order valence-electron chi connectivity index (χ0n) is 11.0. The molecule has 0 aliphatic carbocycles. The van der Waals surface area contributed by atoms with Gasteiger partial charge in [0.1, 0.15) is 5.75 Å². The van der Waals surface area contributed by atoms with E-state index in [0.717, 1.165) is 11.1 Å². The molecular formula is C14H18BrNO3. The molecule has 2 rings (SSSR count). The minimum Gasteiger partial charge on any atom is -0.494 e. The van der Waals surface area contributed by atoms with Gasteiger partial charge in [0.05, 0.1) is 19.3 Å². The number of hydrogen-bond donors (Lipinski definition) is 0. The van der Waals surface area contributed by atoms with Gasteiger partial charge in [0.25, 0.3) is 5.91 Å². The molecule has 1 unspecified atom stereocenters. The van der Waals surface area contributed by atoms with Crippen molar-refractivity contribution < 1.29 is 14.3 Å². The SMILES string of the molecule is CCOc1ccc(C(=O)N2CCOC(CBr)C2)cc1. The molecule has 0 radical (unpaired) electrons. The Kier molecular flexibility index (Phi) is 5.22. The fourth-order valence-electron chi connectivity index (χ4n) is 2.04. The minimum absolute atomic E-state index is 0.0531. The van der Waals surface area contributed by atoms with Gasteiger partial charge in [-0.15, -0.1) is 0 Å². The van der Waals surface area contributed by atoms with Crippen LogP contribution in [0.1, 0.15) is 17.3 Å². The van der Waals surface area contributed by atoms with Crippen molar-refractivity contribution in [2.24, 2.45) is 0 Å². The summed E-state index contributed by atoms with van der Waals surface area (Å²) in [6.07, 6.45) is 0.0837. The lowest BCUT2D eigenvalue weighted by Gasteiger charge is -2.32. The van der Waals surface area contributed by atoms with Gasteiger partial charge >= 0.3 is 0 Å². The monoisotopic (exact) mass is 327 g/mol. The highest BCUT2D eigenvalue weighted by Crippen LogP contribution is 2.16. The van der Waals surface area contributed by atoms with E-state index < -0.39 is 0 Å². The maximum absolute atomic E-state index is 12.3. The van der Waals surface area contributed by atoms with Crippen LogP contribution in [0.25, 0.3) is 0 Å². The highest BCUT2D eigenvalue weighted by Gasteiger charge is 2.24. The van der Waals surface area contributed by atoms with E-state index in [1.54, 1.807) is 0 Å². The van der Waals surface area contributed by atoms with Crippen LogP contribution >= 0.6 is 15.9 Å². The van der Waals surface area contributed by atoms with Crippen LogP contribution in [0.15, 0.2) is 24.3 Å². The molecule has 19 heavy (non-hydrogen) atoms. The third kappa shape index (κ3) is 3.70. The zero-order chi connectivity index (χ0) is 13.7. The van der Waals surface area contributed by atoms with Crippen LogP contribution in [-0.2, 0) is 4.74 Å². The topological polar surface area (TPSA) is 38.8 Å². The third-order valence-corrected chi connectivity index (χ3v) is 3.73. The largest absolute Gasteiger partial charge is 0.494 e. The first-order valence-electron chi connectivity index (χ1n) is 6.44. The lowest BCUT2D eigenvalue weighted by atomic mass is 10.1. The first-order chi connectivity index (χ1) is 9.24. The Morgan fingerprint density at radius 1 is 1.47 bits per heavy atom. The number of rotatable bonds is 4. The standard InChI is InChI=1S/C14H18BrNO3/c1-2-18-12-5-3-11(4-6-12)14(17)16-7-8-19-13(9-15)10-16/h3-6,13H,2,7-10H2,1H3. The Morgan fingerprint density at radius 3 is 2.84 bits per heavy atom. The van der Waals surface area contributed by atoms with Crippen LogP contribution in [0.5, 0.6) is 5.75 Å². The van der Waals surface area contributed by atoms with Crippen molar-refractivity contribution in [2.45, 2.75) is 13.0 Å². The number of alkyl halides is 1. The highest BCUT2D eigenvalue weighted by molar-refractivity contribution is 9.09. The average Bonchev–Trinajstić information content (AvgIpc) is 2.48.